The second kappa shape index (κ2) is 10.9. The van der Waals surface area contributed by atoms with Gasteiger partial charge in [0.1, 0.15) is 0 Å². The molecule has 1 amide bonds. The van der Waals surface area contributed by atoms with E-state index in [0.29, 0.717) is 22.4 Å². The number of halogens is 1. The SMILES string of the molecule is CCCOc1c(I)cc(/C=C2\SC(=Nc3ccccc3)N(c3ccccc3)C2=O)cc1OC. The van der Waals surface area contributed by atoms with E-state index in [-0.39, 0.29) is 5.91 Å². The number of thioether (sulfide) groups is 1. The van der Waals surface area contributed by atoms with Gasteiger partial charge in [-0.2, -0.15) is 0 Å². The second-order valence-corrected chi connectivity index (χ2v) is 9.37. The van der Waals surface area contributed by atoms with Crippen molar-refractivity contribution in [2.24, 2.45) is 4.99 Å². The average molecular weight is 570 g/mol. The number of rotatable bonds is 7. The third-order valence-electron chi connectivity index (χ3n) is 4.80. The zero-order valence-corrected chi connectivity index (χ0v) is 21.3. The number of hydrogen-bond donors (Lipinski definition) is 0. The van der Waals surface area contributed by atoms with Gasteiger partial charge in [0.2, 0.25) is 0 Å². The number of aliphatic imine (C=N–C) groups is 1. The fourth-order valence-corrected chi connectivity index (χ4v) is 5.07. The molecule has 1 aliphatic heterocycles. The number of benzene rings is 3. The summed E-state index contributed by atoms with van der Waals surface area (Å²) in [6.45, 7) is 2.68. The highest BCUT2D eigenvalue weighted by atomic mass is 127. The lowest BCUT2D eigenvalue weighted by Gasteiger charge is -2.15. The molecule has 168 valence electrons. The van der Waals surface area contributed by atoms with Crippen LogP contribution >= 0.6 is 34.4 Å². The first-order valence-corrected chi connectivity index (χ1v) is 12.4. The van der Waals surface area contributed by atoms with Crippen LogP contribution in [0, 0.1) is 3.57 Å². The zero-order chi connectivity index (χ0) is 23.2. The maximum atomic E-state index is 13.5. The second-order valence-electron chi connectivity index (χ2n) is 7.20. The van der Waals surface area contributed by atoms with Gasteiger partial charge in [-0.15, -0.1) is 0 Å². The maximum Gasteiger partial charge on any atom is 0.271 e. The minimum Gasteiger partial charge on any atom is -0.493 e. The number of ether oxygens (including phenoxy) is 2. The summed E-state index contributed by atoms with van der Waals surface area (Å²) < 4.78 is 12.4. The van der Waals surface area contributed by atoms with Gasteiger partial charge in [0.05, 0.1) is 33.6 Å². The van der Waals surface area contributed by atoms with E-state index in [0.717, 1.165) is 32.7 Å². The number of amides is 1. The summed E-state index contributed by atoms with van der Waals surface area (Å²) in [6.07, 6.45) is 2.79. The van der Waals surface area contributed by atoms with Crippen LogP contribution in [0.2, 0.25) is 0 Å². The molecule has 33 heavy (non-hydrogen) atoms. The molecular formula is C26H23IN2O3S. The molecule has 3 aromatic rings. The van der Waals surface area contributed by atoms with Crippen molar-refractivity contribution in [3.05, 3.63) is 86.8 Å². The molecule has 1 aliphatic rings. The van der Waals surface area contributed by atoms with Gasteiger partial charge in [0, 0.05) is 0 Å². The Morgan fingerprint density at radius 1 is 1.06 bits per heavy atom. The summed E-state index contributed by atoms with van der Waals surface area (Å²) in [7, 11) is 1.62. The van der Waals surface area contributed by atoms with Crippen molar-refractivity contribution in [1.29, 1.82) is 0 Å². The number of anilines is 1. The van der Waals surface area contributed by atoms with E-state index in [1.54, 1.807) is 12.0 Å². The largest absolute Gasteiger partial charge is 0.493 e. The van der Waals surface area contributed by atoms with Crippen LogP contribution in [0.4, 0.5) is 11.4 Å². The van der Waals surface area contributed by atoms with Crippen LogP contribution in [-0.2, 0) is 4.79 Å². The Labute approximate surface area is 211 Å². The fraction of sp³-hybridized carbons (Fsp3) is 0.154. The van der Waals surface area contributed by atoms with Crippen molar-refractivity contribution in [3.8, 4) is 11.5 Å². The Morgan fingerprint density at radius 3 is 2.42 bits per heavy atom. The Kier molecular flexibility index (Phi) is 7.72. The van der Waals surface area contributed by atoms with E-state index in [1.165, 1.54) is 11.8 Å². The summed E-state index contributed by atoms with van der Waals surface area (Å²) in [5.74, 6) is 1.27. The van der Waals surface area contributed by atoms with Crippen LogP contribution in [0.25, 0.3) is 6.08 Å². The summed E-state index contributed by atoms with van der Waals surface area (Å²) in [6, 6.07) is 23.1. The number of amidine groups is 1. The average Bonchev–Trinajstić information content (AvgIpc) is 3.13. The smallest absolute Gasteiger partial charge is 0.271 e. The molecule has 4 rings (SSSR count). The zero-order valence-electron chi connectivity index (χ0n) is 18.3. The number of hydrogen-bond acceptors (Lipinski definition) is 5. The Bertz CT molecular complexity index is 1200. The summed E-state index contributed by atoms with van der Waals surface area (Å²) in [5, 5.41) is 0.619. The highest BCUT2D eigenvalue weighted by Crippen LogP contribution is 2.39. The van der Waals surface area contributed by atoms with Crippen molar-refractivity contribution in [1.82, 2.24) is 0 Å². The molecular weight excluding hydrogens is 547 g/mol. The van der Waals surface area contributed by atoms with Gasteiger partial charge < -0.3 is 9.47 Å². The van der Waals surface area contributed by atoms with E-state index in [4.69, 9.17) is 14.5 Å². The molecule has 0 aromatic heterocycles. The molecule has 5 nitrogen and oxygen atoms in total. The quantitative estimate of drug-likeness (QED) is 0.229. The van der Waals surface area contributed by atoms with E-state index in [9.17, 15) is 4.79 Å². The van der Waals surface area contributed by atoms with E-state index in [2.05, 4.69) is 29.5 Å². The van der Waals surface area contributed by atoms with Gasteiger partial charge >= 0.3 is 0 Å². The molecule has 0 spiro atoms. The number of methoxy groups -OCH3 is 1. The molecule has 1 saturated heterocycles. The van der Waals surface area contributed by atoms with Gasteiger partial charge in [0.15, 0.2) is 16.7 Å². The first-order chi connectivity index (χ1) is 16.1. The molecule has 0 aliphatic carbocycles. The molecule has 1 fully saturated rings. The predicted molar refractivity (Wildman–Crippen MR) is 145 cm³/mol. The van der Waals surface area contributed by atoms with Crippen LogP contribution in [0.5, 0.6) is 11.5 Å². The molecule has 0 N–H and O–H groups in total. The molecule has 1 heterocycles. The van der Waals surface area contributed by atoms with Crippen molar-refractivity contribution in [2.45, 2.75) is 13.3 Å². The first-order valence-electron chi connectivity index (χ1n) is 10.5. The lowest BCUT2D eigenvalue weighted by molar-refractivity contribution is -0.113. The monoisotopic (exact) mass is 570 g/mol. The van der Waals surface area contributed by atoms with E-state index >= 15 is 0 Å². The van der Waals surface area contributed by atoms with Gasteiger partial charge in [-0.25, -0.2) is 4.99 Å². The predicted octanol–water partition coefficient (Wildman–Crippen LogP) is 6.90. The van der Waals surface area contributed by atoms with Crippen LogP contribution in [0.1, 0.15) is 18.9 Å². The Balaban J connectivity index is 1.73. The summed E-state index contributed by atoms with van der Waals surface area (Å²) >= 11 is 3.60. The number of para-hydroxylation sites is 2. The highest BCUT2D eigenvalue weighted by Gasteiger charge is 2.34. The first kappa shape index (κ1) is 23.4. The van der Waals surface area contributed by atoms with E-state index < -0.39 is 0 Å². The third kappa shape index (κ3) is 5.42. The van der Waals surface area contributed by atoms with Crippen molar-refractivity contribution < 1.29 is 14.3 Å². The molecule has 0 bridgehead atoms. The minimum absolute atomic E-state index is 0.110. The maximum absolute atomic E-state index is 13.5. The van der Waals surface area contributed by atoms with Crippen molar-refractivity contribution in [2.75, 3.05) is 18.6 Å². The number of nitrogens with zero attached hydrogens (tertiary/aromatic N) is 2. The van der Waals surface area contributed by atoms with Crippen molar-refractivity contribution in [3.63, 3.8) is 0 Å². The van der Waals surface area contributed by atoms with Gasteiger partial charge in [0.25, 0.3) is 5.91 Å². The Morgan fingerprint density at radius 2 is 1.76 bits per heavy atom. The normalized spacial score (nSPS) is 16.0. The van der Waals surface area contributed by atoms with Crippen LogP contribution in [0.15, 0.2) is 82.7 Å². The standard InChI is InChI=1S/C26H23IN2O3S/c1-3-14-32-24-21(27)15-18(16-22(24)31-2)17-23-25(30)29(20-12-8-5-9-13-20)26(33-23)28-19-10-6-4-7-11-19/h4-13,15-17H,3,14H2,1-2H3/b23-17-,28-26?. The Hall–Kier alpha value is -2.78. The number of carbonyl (C=O) groups excluding carboxylic acids is 1. The van der Waals surface area contributed by atoms with Crippen LogP contribution in [-0.4, -0.2) is 24.8 Å². The molecule has 0 saturated carbocycles. The fourth-order valence-electron chi connectivity index (χ4n) is 3.29. The molecule has 0 radical (unpaired) electrons. The van der Waals surface area contributed by atoms with Gasteiger partial charge in [-0.3, -0.25) is 9.69 Å². The number of carbonyl (C=O) groups is 1. The highest BCUT2D eigenvalue weighted by molar-refractivity contribution is 14.1. The van der Waals surface area contributed by atoms with Gasteiger partial charge in [-0.1, -0.05) is 43.3 Å². The third-order valence-corrected chi connectivity index (χ3v) is 6.57. The van der Waals surface area contributed by atoms with Gasteiger partial charge in [-0.05, 0) is 88.8 Å². The van der Waals surface area contributed by atoms with Crippen molar-refractivity contribution >= 4 is 62.9 Å². The molecule has 3 aromatic carbocycles. The lowest BCUT2D eigenvalue weighted by Crippen LogP contribution is -2.28. The minimum atomic E-state index is -0.110. The topological polar surface area (TPSA) is 51.1 Å². The summed E-state index contributed by atoms with van der Waals surface area (Å²) in [4.78, 5) is 20.5. The molecule has 0 unspecified atom stereocenters. The van der Waals surface area contributed by atoms with Crippen LogP contribution < -0.4 is 14.4 Å². The molecule has 0 atom stereocenters. The summed E-state index contributed by atoms with van der Waals surface area (Å²) in [5.41, 5.74) is 2.44. The van der Waals surface area contributed by atoms with Crippen LogP contribution in [0.3, 0.4) is 0 Å². The lowest BCUT2D eigenvalue weighted by atomic mass is 10.1. The van der Waals surface area contributed by atoms with E-state index in [1.807, 2.05) is 78.9 Å². The molecule has 7 heteroatoms.